The molecule has 142 heavy (non-hydrogen) atoms. The highest BCUT2D eigenvalue weighted by Gasteiger charge is 2.38. The van der Waals surface area contributed by atoms with Crippen molar-refractivity contribution < 1.29 is 68.8 Å². The molecule has 2 aliphatic rings. The van der Waals surface area contributed by atoms with Crippen LogP contribution in [0.1, 0.15) is 39.5 Å². The number of hydrogen-bond donors (Lipinski definition) is 4. The zero-order valence-electron chi connectivity index (χ0n) is 75.8. The van der Waals surface area contributed by atoms with Crippen LogP contribution in [0.15, 0.2) is 269 Å². The summed E-state index contributed by atoms with van der Waals surface area (Å²) in [4.78, 5) is 35.2. The third kappa shape index (κ3) is 20.7. The average molecular weight is 2000 g/mol. The van der Waals surface area contributed by atoms with Crippen LogP contribution in [0, 0.1) is 46.5 Å². The van der Waals surface area contributed by atoms with Crippen molar-refractivity contribution in [1.82, 2.24) is 96.6 Å². The maximum atomic E-state index is 14.6. The summed E-state index contributed by atoms with van der Waals surface area (Å²) in [6.07, 6.45) is 31.9. The van der Waals surface area contributed by atoms with Gasteiger partial charge in [-0.25, -0.2) is 109 Å². The first-order chi connectivity index (χ1) is 67.8. The highest BCUT2D eigenvalue weighted by atomic mass is 32.2. The Kier molecular flexibility index (Phi) is 25.1. The van der Waals surface area contributed by atoms with Crippen LogP contribution in [0.2, 0.25) is 0 Å². The molecule has 44 heteroatoms. The quantitative estimate of drug-likeness (QED) is 0.0432. The monoisotopic (exact) mass is 2000 g/mol. The molecule has 0 bridgehead atoms. The summed E-state index contributed by atoms with van der Waals surface area (Å²) in [7, 11) is -7.25. The Balaban J connectivity index is 0.000000120. The van der Waals surface area contributed by atoms with E-state index in [1.165, 1.54) is 44.2 Å². The maximum absolute atomic E-state index is 14.6. The third-order valence-electron chi connectivity index (χ3n) is 23.1. The van der Waals surface area contributed by atoms with Gasteiger partial charge in [-0.3, -0.25) is 55.2 Å². The van der Waals surface area contributed by atoms with Crippen LogP contribution in [0.25, 0.3) is 157 Å². The van der Waals surface area contributed by atoms with Gasteiger partial charge in [0, 0.05) is 169 Å². The summed E-state index contributed by atoms with van der Waals surface area (Å²) in [5.74, 6) is -5.96. The Morgan fingerprint density at radius 2 is 0.542 bits per heavy atom. The molecular formula is C98H80F8N24O8S4. The van der Waals surface area contributed by atoms with E-state index in [9.17, 15) is 68.8 Å². The van der Waals surface area contributed by atoms with E-state index in [1.54, 1.807) is 111 Å². The molecule has 2 fully saturated rings. The third-order valence-corrected chi connectivity index (χ3v) is 29.1. The number of nitrogens with one attached hydrogen (secondary N) is 4. The summed E-state index contributed by atoms with van der Waals surface area (Å²) in [6.45, 7) is 3.08. The second-order valence-electron chi connectivity index (χ2n) is 34.0. The molecule has 0 amide bonds. The van der Waals surface area contributed by atoms with Crippen molar-refractivity contribution in [2.75, 3.05) is 25.1 Å². The number of aromatic nitrogens is 20. The Hall–Kier alpha value is -16.5. The lowest BCUT2D eigenvalue weighted by molar-refractivity contribution is 0.584. The molecule has 22 rings (SSSR count). The largest absolute Gasteiger partial charge is 0.300 e. The van der Waals surface area contributed by atoms with Crippen molar-refractivity contribution in [3.8, 4) is 135 Å². The van der Waals surface area contributed by atoms with Gasteiger partial charge in [-0.15, -0.1) is 0 Å². The summed E-state index contributed by atoms with van der Waals surface area (Å²) in [5.41, 5.74) is 15.8. The van der Waals surface area contributed by atoms with Gasteiger partial charge in [0.15, 0.2) is 0 Å². The first-order valence-electron chi connectivity index (χ1n) is 43.6. The van der Waals surface area contributed by atoms with E-state index >= 15 is 0 Å². The lowest BCUT2D eigenvalue weighted by Gasteiger charge is -2.14. The minimum atomic E-state index is -3.73. The van der Waals surface area contributed by atoms with Crippen LogP contribution >= 0.6 is 0 Å². The molecule has 0 atom stereocenters. The number of imidazole rings is 4. The molecule has 0 unspecified atom stereocenters. The smallest absolute Gasteiger partial charge is 0.236 e. The second-order valence-corrected chi connectivity index (χ2v) is 41.9. The topological polar surface area (TPSA) is 377 Å². The number of sulfonamides is 4. The molecular weight excluding hydrogens is 1920 g/mol. The molecule has 720 valence electrons. The number of aryl methyl sites for hydroxylation is 4. The molecule has 4 N–H and O–H groups in total. The van der Waals surface area contributed by atoms with Gasteiger partial charge in [-0.1, -0.05) is 0 Å². The van der Waals surface area contributed by atoms with Crippen LogP contribution in [-0.2, 0) is 68.3 Å². The molecule has 0 spiro atoms. The van der Waals surface area contributed by atoms with Gasteiger partial charge in [-0.05, 0) is 207 Å². The fourth-order valence-corrected chi connectivity index (χ4v) is 19.5. The van der Waals surface area contributed by atoms with Crippen LogP contribution in [0.5, 0.6) is 0 Å². The Morgan fingerprint density at radius 1 is 0.296 bits per heavy atom. The van der Waals surface area contributed by atoms with Gasteiger partial charge in [0.1, 0.15) is 92.4 Å². The minimum Gasteiger partial charge on any atom is -0.300 e. The maximum Gasteiger partial charge on any atom is 0.236 e. The van der Waals surface area contributed by atoms with E-state index in [0.717, 1.165) is 99.3 Å². The summed E-state index contributed by atoms with van der Waals surface area (Å²) < 4.78 is 236. The van der Waals surface area contributed by atoms with Gasteiger partial charge < -0.3 is 0 Å². The normalized spacial score (nSPS) is 12.9. The first kappa shape index (κ1) is 94.5. The van der Waals surface area contributed by atoms with Crippen LogP contribution in [0.3, 0.4) is 0 Å². The lowest BCUT2D eigenvalue weighted by Crippen LogP contribution is -2.23. The number of halogens is 8. The standard InChI is InChI=1S/2C25H20F2N6O2S.C25H22F2N6O2S.C23H18F2N6O2S/c2*1-32-14-17(12-29-32)15-6-7-33-23(13-28-25(33)10-15)16-8-22(20-5-2-18(26)11-21(20)27)30-24(9-16)31-36(34,35)19-3-4-19;1-15(2)36(34,35)31-24-9-17(8-22(30-24)20-5-4-19(26)11-21(20)27)23-13-28-25-10-16(6-7-33(23)25)18-12-29-32(3)14-18;1-30-13-16(11-27-30)14-5-6-31-21(12-26-23(31)9-14)15-7-20(18-4-3-17(24)10-19(18)25)28-22(8-15)29-34(2,32)33/h2*2,5-14,19H,3-4H2,1H3,(H,30,31);4-15H,1-3H3,(H,30,31);3-13H,1-2H3,(H,28,29). The molecule has 16 heterocycles. The Bertz CT molecular complexity index is 8280. The van der Waals surface area contributed by atoms with Gasteiger partial charge >= 0.3 is 0 Å². The SMILES string of the molecule is CC(C)S(=O)(=O)Nc1cc(-c2cnc3cc(-c4cnn(C)c4)ccn23)cc(-c2ccc(F)cc2F)n1.Cn1cc(-c2ccn3c(-c4cc(NS(=O)(=O)C5CC5)nc(-c5ccc(F)cc5F)c4)cnc3c2)cn1.Cn1cc(-c2ccn3c(-c4cc(NS(=O)(=O)C5CC5)nc(-c5ccc(F)cc5F)c4)cnc3c2)cn1.Cn1cc(-c2ccn3c(-c4cc(NS(C)(=O)=O)nc(-c5ccc(F)cc5F)c4)cnc3c2)cn1. The lowest BCUT2D eigenvalue weighted by atomic mass is 10.1. The summed E-state index contributed by atoms with van der Waals surface area (Å²) in [5, 5.41) is 15.2. The first-order valence-corrected chi connectivity index (χ1v) is 50.1. The van der Waals surface area contributed by atoms with Crippen LogP contribution in [-0.4, -0.2) is 152 Å². The van der Waals surface area contributed by atoms with E-state index in [1.807, 2.05) is 144 Å². The molecule has 16 aromatic heterocycles. The summed E-state index contributed by atoms with van der Waals surface area (Å²) in [6, 6.07) is 40.7. The number of anilines is 4. The van der Waals surface area contributed by atoms with Gasteiger partial charge in [-0.2, -0.15) is 20.4 Å². The highest BCUT2D eigenvalue weighted by molar-refractivity contribution is 7.94. The minimum absolute atomic E-state index is 0.000607. The number of benzene rings is 4. The number of fused-ring (bicyclic) bond motifs is 4. The average Bonchev–Trinajstić information content (AvgIpc) is 1.59. The molecule has 4 aromatic carbocycles. The van der Waals surface area contributed by atoms with Crippen molar-refractivity contribution in [3.05, 3.63) is 316 Å². The van der Waals surface area contributed by atoms with E-state index in [4.69, 9.17) is 0 Å². The predicted molar refractivity (Wildman–Crippen MR) is 521 cm³/mol. The number of nitrogens with zero attached hydrogens (tertiary/aromatic N) is 20. The predicted octanol–water partition coefficient (Wildman–Crippen LogP) is 18.3. The van der Waals surface area contributed by atoms with Gasteiger partial charge in [0.2, 0.25) is 40.1 Å². The Labute approximate surface area is 805 Å². The zero-order valence-corrected chi connectivity index (χ0v) is 79.1. The van der Waals surface area contributed by atoms with Gasteiger partial charge in [0.05, 0.1) is 117 Å². The molecule has 0 radical (unpaired) electrons. The van der Waals surface area contributed by atoms with Crippen molar-refractivity contribution in [2.24, 2.45) is 28.2 Å². The second kappa shape index (κ2) is 37.7. The number of pyridine rings is 8. The number of hydrogen-bond acceptors (Lipinski definition) is 20. The fourth-order valence-electron chi connectivity index (χ4n) is 15.7. The molecule has 0 saturated heterocycles. The number of rotatable bonds is 23. The highest BCUT2D eigenvalue weighted by Crippen LogP contribution is 2.41. The van der Waals surface area contributed by atoms with Crippen molar-refractivity contribution in [2.45, 2.75) is 55.3 Å². The molecule has 0 aliphatic heterocycles. The molecule has 2 aliphatic carbocycles. The zero-order chi connectivity index (χ0) is 99.7. The van der Waals surface area contributed by atoms with Crippen LogP contribution < -0.4 is 18.9 Å². The van der Waals surface area contributed by atoms with Crippen molar-refractivity contribution in [3.63, 3.8) is 0 Å². The van der Waals surface area contributed by atoms with E-state index in [-0.39, 0.29) is 68.3 Å². The van der Waals surface area contributed by atoms with Crippen molar-refractivity contribution >= 4 is 86.0 Å². The van der Waals surface area contributed by atoms with Gasteiger partial charge in [0.25, 0.3) is 0 Å². The van der Waals surface area contributed by atoms with Crippen LogP contribution in [0.4, 0.5) is 58.4 Å². The Morgan fingerprint density at radius 3 is 0.761 bits per heavy atom. The summed E-state index contributed by atoms with van der Waals surface area (Å²) >= 11 is 0. The molecule has 2 saturated carbocycles. The molecule has 20 aromatic rings. The molecule has 32 nitrogen and oxygen atoms in total. The van der Waals surface area contributed by atoms with E-state index in [2.05, 4.69) is 79.2 Å². The van der Waals surface area contributed by atoms with E-state index in [0.29, 0.717) is 93.3 Å². The fraction of sp³-hybridized carbons (Fsp3) is 0.143. The van der Waals surface area contributed by atoms with E-state index < -0.39 is 102 Å². The van der Waals surface area contributed by atoms with Crippen molar-refractivity contribution in [1.29, 1.82) is 0 Å².